The zero-order chi connectivity index (χ0) is 7.68. The first-order valence-electron chi connectivity index (χ1n) is 3.71. The molecule has 2 nitrogen and oxygen atoms in total. The summed E-state index contributed by atoms with van der Waals surface area (Å²) in [5.41, 5.74) is 2.43. The Labute approximate surface area is 70.6 Å². The van der Waals surface area contributed by atoms with Crippen LogP contribution in [0.2, 0.25) is 5.15 Å². The molecule has 0 atom stereocenters. The third-order valence-electron chi connectivity index (χ3n) is 1.90. The molecule has 2 heterocycles. The lowest BCUT2D eigenvalue weighted by atomic mass is 10.1. The second kappa shape index (κ2) is 2.80. The van der Waals surface area contributed by atoms with Gasteiger partial charge in [-0.1, -0.05) is 17.7 Å². The van der Waals surface area contributed by atoms with Crippen LogP contribution in [-0.4, -0.2) is 11.5 Å². The van der Waals surface area contributed by atoms with Gasteiger partial charge in [0, 0.05) is 6.54 Å². The van der Waals surface area contributed by atoms with Gasteiger partial charge in [-0.2, -0.15) is 0 Å². The number of fused-ring (bicyclic) bond motifs is 1. The van der Waals surface area contributed by atoms with E-state index in [1.165, 1.54) is 5.56 Å². The summed E-state index contributed by atoms with van der Waals surface area (Å²) in [5.74, 6) is 0. The van der Waals surface area contributed by atoms with Crippen LogP contribution in [0.5, 0.6) is 0 Å². The van der Waals surface area contributed by atoms with Crippen LogP contribution in [0, 0.1) is 0 Å². The van der Waals surface area contributed by atoms with Crippen molar-refractivity contribution in [1.29, 1.82) is 0 Å². The zero-order valence-corrected chi connectivity index (χ0v) is 6.86. The number of rotatable bonds is 0. The SMILES string of the molecule is Clc1ccc2c(n1)CNCC2. The van der Waals surface area contributed by atoms with Gasteiger partial charge in [0.25, 0.3) is 0 Å². The standard InChI is InChI=1S/C8H9ClN2/c9-8-2-1-6-3-4-10-5-7(6)11-8/h1-2,10H,3-5H2. The molecule has 0 bridgehead atoms. The Morgan fingerprint density at radius 1 is 1.45 bits per heavy atom. The highest BCUT2D eigenvalue weighted by Crippen LogP contribution is 2.14. The van der Waals surface area contributed by atoms with Crippen LogP contribution in [0.3, 0.4) is 0 Å². The van der Waals surface area contributed by atoms with Crippen molar-refractivity contribution in [3.05, 3.63) is 28.5 Å². The number of hydrogen-bond acceptors (Lipinski definition) is 2. The minimum absolute atomic E-state index is 0.590. The fourth-order valence-electron chi connectivity index (χ4n) is 1.31. The Balaban J connectivity index is 2.43. The van der Waals surface area contributed by atoms with Gasteiger partial charge < -0.3 is 5.32 Å². The molecule has 3 heteroatoms. The lowest BCUT2D eigenvalue weighted by Crippen LogP contribution is -2.24. The summed E-state index contributed by atoms with van der Waals surface area (Å²) in [5, 5.41) is 3.84. The summed E-state index contributed by atoms with van der Waals surface area (Å²) in [6.45, 7) is 1.91. The van der Waals surface area contributed by atoms with E-state index in [0.717, 1.165) is 25.2 Å². The Kier molecular flexibility index (Phi) is 1.80. The lowest BCUT2D eigenvalue weighted by Gasteiger charge is -2.15. The van der Waals surface area contributed by atoms with Crippen LogP contribution in [0.15, 0.2) is 12.1 Å². The molecule has 1 aliphatic rings. The van der Waals surface area contributed by atoms with Gasteiger partial charge in [0.2, 0.25) is 0 Å². The molecule has 2 rings (SSSR count). The topological polar surface area (TPSA) is 24.9 Å². The molecule has 0 radical (unpaired) electrons. The maximum Gasteiger partial charge on any atom is 0.129 e. The van der Waals surface area contributed by atoms with Crippen molar-refractivity contribution in [3.63, 3.8) is 0 Å². The number of nitrogens with zero attached hydrogens (tertiary/aromatic N) is 1. The molecule has 11 heavy (non-hydrogen) atoms. The number of hydrogen-bond donors (Lipinski definition) is 1. The second-order valence-electron chi connectivity index (χ2n) is 2.67. The first-order chi connectivity index (χ1) is 5.36. The predicted octanol–water partition coefficient (Wildman–Crippen LogP) is 1.38. The van der Waals surface area contributed by atoms with E-state index in [1.54, 1.807) is 0 Å². The molecule has 1 aliphatic heterocycles. The van der Waals surface area contributed by atoms with E-state index in [-0.39, 0.29) is 0 Å². The van der Waals surface area contributed by atoms with E-state index < -0.39 is 0 Å². The van der Waals surface area contributed by atoms with Crippen molar-refractivity contribution < 1.29 is 0 Å². The monoisotopic (exact) mass is 168 g/mol. The van der Waals surface area contributed by atoms with Gasteiger partial charge in [-0.3, -0.25) is 0 Å². The normalized spacial score (nSPS) is 16.1. The van der Waals surface area contributed by atoms with Crippen LogP contribution in [0.1, 0.15) is 11.3 Å². The number of halogens is 1. The van der Waals surface area contributed by atoms with Crippen molar-refractivity contribution in [2.75, 3.05) is 6.54 Å². The first-order valence-corrected chi connectivity index (χ1v) is 4.09. The summed E-state index contributed by atoms with van der Waals surface area (Å²) in [7, 11) is 0. The molecule has 0 saturated heterocycles. The van der Waals surface area contributed by atoms with Gasteiger partial charge >= 0.3 is 0 Å². The summed E-state index contributed by atoms with van der Waals surface area (Å²) in [6.07, 6.45) is 1.07. The van der Waals surface area contributed by atoms with Crippen LogP contribution < -0.4 is 5.32 Å². The van der Waals surface area contributed by atoms with Crippen LogP contribution in [0.4, 0.5) is 0 Å². The second-order valence-corrected chi connectivity index (χ2v) is 3.05. The first kappa shape index (κ1) is 7.07. The molecular formula is C8H9ClN2. The van der Waals surface area contributed by atoms with Gasteiger partial charge in [-0.15, -0.1) is 0 Å². The molecule has 0 spiro atoms. The zero-order valence-electron chi connectivity index (χ0n) is 6.10. The average molecular weight is 169 g/mol. The Bertz CT molecular complexity index is 273. The van der Waals surface area contributed by atoms with Crippen molar-refractivity contribution in [2.45, 2.75) is 13.0 Å². The Hall–Kier alpha value is -0.600. The Morgan fingerprint density at radius 2 is 2.36 bits per heavy atom. The number of nitrogens with one attached hydrogen (secondary N) is 1. The largest absolute Gasteiger partial charge is 0.311 e. The highest BCUT2D eigenvalue weighted by atomic mass is 35.5. The third-order valence-corrected chi connectivity index (χ3v) is 2.11. The average Bonchev–Trinajstić information content (AvgIpc) is 2.04. The predicted molar refractivity (Wildman–Crippen MR) is 44.7 cm³/mol. The summed E-state index contributed by atoms with van der Waals surface area (Å²) in [6, 6.07) is 3.91. The Morgan fingerprint density at radius 3 is 3.27 bits per heavy atom. The molecule has 1 N–H and O–H groups in total. The van der Waals surface area contributed by atoms with E-state index in [4.69, 9.17) is 11.6 Å². The molecular weight excluding hydrogens is 160 g/mol. The van der Waals surface area contributed by atoms with Crippen molar-refractivity contribution in [1.82, 2.24) is 10.3 Å². The van der Waals surface area contributed by atoms with Crippen molar-refractivity contribution in [2.24, 2.45) is 0 Å². The highest BCUT2D eigenvalue weighted by Gasteiger charge is 2.08. The molecule has 1 aromatic rings. The van der Waals surface area contributed by atoms with Crippen LogP contribution >= 0.6 is 11.6 Å². The quantitative estimate of drug-likeness (QED) is 0.592. The van der Waals surface area contributed by atoms with Crippen molar-refractivity contribution in [3.8, 4) is 0 Å². The molecule has 0 saturated carbocycles. The molecule has 0 unspecified atom stereocenters. The molecule has 0 aromatic carbocycles. The summed E-state index contributed by atoms with van der Waals surface area (Å²) in [4.78, 5) is 4.22. The maximum absolute atomic E-state index is 5.74. The molecule has 1 aromatic heterocycles. The summed E-state index contributed by atoms with van der Waals surface area (Å²) < 4.78 is 0. The molecule has 0 aliphatic carbocycles. The smallest absolute Gasteiger partial charge is 0.129 e. The van der Waals surface area contributed by atoms with Crippen LogP contribution in [0.25, 0.3) is 0 Å². The van der Waals surface area contributed by atoms with Gasteiger partial charge in [-0.05, 0) is 24.6 Å². The van der Waals surface area contributed by atoms with E-state index in [2.05, 4.69) is 16.4 Å². The third kappa shape index (κ3) is 1.37. The summed E-state index contributed by atoms with van der Waals surface area (Å²) >= 11 is 5.74. The van der Waals surface area contributed by atoms with Gasteiger partial charge in [-0.25, -0.2) is 4.98 Å². The molecule has 58 valence electrons. The fraction of sp³-hybridized carbons (Fsp3) is 0.375. The lowest BCUT2D eigenvalue weighted by molar-refractivity contribution is 0.627. The van der Waals surface area contributed by atoms with Gasteiger partial charge in [0.15, 0.2) is 0 Å². The van der Waals surface area contributed by atoms with E-state index in [9.17, 15) is 0 Å². The molecule has 0 amide bonds. The van der Waals surface area contributed by atoms with Gasteiger partial charge in [0.1, 0.15) is 5.15 Å². The number of aromatic nitrogens is 1. The number of pyridine rings is 1. The molecule has 0 fully saturated rings. The minimum Gasteiger partial charge on any atom is -0.311 e. The fourth-order valence-corrected chi connectivity index (χ4v) is 1.48. The van der Waals surface area contributed by atoms with Crippen molar-refractivity contribution >= 4 is 11.6 Å². The highest BCUT2D eigenvalue weighted by molar-refractivity contribution is 6.29. The van der Waals surface area contributed by atoms with E-state index in [0.29, 0.717) is 5.15 Å². The van der Waals surface area contributed by atoms with E-state index in [1.807, 2.05) is 6.07 Å². The minimum atomic E-state index is 0.590. The van der Waals surface area contributed by atoms with Crippen LogP contribution in [-0.2, 0) is 13.0 Å². The maximum atomic E-state index is 5.74. The van der Waals surface area contributed by atoms with Gasteiger partial charge in [0.05, 0.1) is 5.69 Å². The van der Waals surface area contributed by atoms with E-state index >= 15 is 0 Å².